The van der Waals surface area contributed by atoms with Crippen LogP contribution in [0.25, 0.3) is 5.69 Å². The van der Waals surface area contributed by atoms with Crippen LogP contribution in [-0.2, 0) is 18.1 Å². The lowest BCUT2D eigenvalue weighted by molar-refractivity contribution is -0.137. The normalized spacial score (nSPS) is 19.4. The molecule has 1 saturated heterocycles. The first-order chi connectivity index (χ1) is 14.2. The predicted molar refractivity (Wildman–Crippen MR) is 104 cm³/mol. The number of rotatable bonds is 4. The first-order valence-corrected chi connectivity index (χ1v) is 9.89. The number of halogens is 3. The van der Waals surface area contributed by atoms with Gasteiger partial charge in [-0.05, 0) is 30.7 Å². The molecule has 11 heteroatoms. The number of alkyl halides is 3. The maximum absolute atomic E-state index is 13.0. The molecule has 2 unspecified atom stereocenters. The second kappa shape index (κ2) is 7.56. The highest BCUT2D eigenvalue weighted by molar-refractivity contribution is 7.12. The van der Waals surface area contributed by atoms with Crippen molar-refractivity contribution in [3.05, 3.63) is 61.7 Å². The van der Waals surface area contributed by atoms with E-state index in [-0.39, 0.29) is 11.7 Å². The SMILES string of the molecule is COc1nn(C)c(=O)n1-c1cc(C)sc1C1CC(c2cccc(C(F)(F)F)c2)NO1. The Morgan fingerprint density at radius 3 is 2.80 bits per heavy atom. The van der Waals surface area contributed by atoms with E-state index in [1.807, 2.05) is 13.0 Å². The molecule has 1 N–H and O–H groups in total. The van der Waals surface area contributed by atoms with Gasteiger partial charge in [0.25, 0.3) is 0 Å². The Labute approximate surface area is 173 Å². The molecule has 1 aromatic carbocycles. The summed E-state index contributed by atoms with van der Waals surface area (Å²) in [5.41, 5.74) is 2.83. The average Bonchev–Trinajstić information content (AvgIpc) is 3.39. The van der Waals surface area contributed by atoms with E-state index >= 15 is 0 Å². The van der Waals surface area contributed by atoms with E-state index < -0.39 is 23.9 Å². The van der Waals surface area contributed by atoms with Crippen LogP contribution in [0, 0.1) is 6.92 Å². The molecule has 3 heterocycles. The molecule has 0 spiro atoms. The van der Waals surface area contributed by atoms with Crippen molar-refractivity contribution in [3.8, 4) is 11.7 Å². The summed E-state index contributed by atoms with van der Waals surface area (Å²) in [4.78, 5) is 20.0. The maximum atomic E-state index is 13.0. The van der Waals surface area contributed by atoms with E-state index in [1.165, 1.54) is 40.8 Å². The van der Waals surface area contributed by atoms with E-state index in [1.54, 1.807) is 6.07 Å². The number of thiophene rings is 1. The zero-order chi connectivity index (χ0) is 21.6. The summed E-state index contributed by atoms with van der Waals surface area (Å²) in [5.74, 6) is 0. The van der Waals surface area contributed by atoms with Crippen molar-refractivity contribution in [3.63, 3.8) is 0 Å². The predicted octanol–water partition coefficient (Wildman–Crippen LogP) is 3.68. The fraction of sp³-hybridized carbons (Fsp3) is 0.368. The molecule has 3 aromatic rings. The minimum atomic E-state index is -4.41. The number of nitrogens with one attached hydrogen (secondary N) is 1. The van der Waals surface area contributed by atoms with E-state index in [2.05, 4.69) is 10.6 Å². The van der Waals surface area contributed by atoms with Gasteiger partial charge in [0, 0.05) is 18.3 Å². The van der Waals surface area contributed by atoms with Gasteiger partial charge in [-0.25, -0.2) is 14.0 Å². The summed E-state index contributed by atoms with van der Waals surface area (Å²) in [7, 11) is 2.95. The number of benzene rings is 1. The van der Waals surface area contributed by atoms with Gasteiger partial charge in [-0.2, -0.15) is 18.7 Å². The largest absolute Gasteiger partial charge is 0.467 e. The number of nitrogens with zero attached hydrogens (tertiary/aromatic N) is 3. The van der Waals surface area contributed by atoms with Gasteiger partial charge in [0.15, 0.2) is 0 Å². The van der Waals surface area contributed by atoms with Gasteiger partial charge in [-0.1, -0.05) is 12.1 Å². The maximum Gasteiger partial charge on any atom is 0.416 e. The topological polar surface area (TPSA) is 70.3 Å². The van der Waals surface area contributed by atoms with Crippen molar-refractivity contribution in [1.82, 2.24) is 19.8 Å². The van der Waals surface area contributed by atoms with Gasteiger partial charge in [-0.15, -0.1) is 16.4 Å². The second-order valence-electron chi connectivity index (χ2n) is 6.97. The Morgan fingerprint density at radius 2 is 2.10 bits per heavy atom. The van der Waals surface area contributed by atoms with Gasteiger partial charge in [0.2, 0.25) is 0 Å². The third kappa shape index (κ3) is 3.64. The molecule has 0 saturated carbocycles. The lowest BCUT2D eigenvalue weighted by Crippen LogP contribution is -2.22. The molecule has 0 amide bonds. The molecule has 0 bridgehead atoms. The Bertz CT molecular complexity index is 1130. The standard InChI is InChI=1S/C19H19F3N4O3S/c1-10-7-14(26-17(28-3)23-25(2)18(26)27)16(30-10)15-9-13(24-29-15)11-5-4-6-12(8-11)19(20,21)22/h4-8,13,15,24H,9H2,1-3H3. The van der Waals surface area contributed by atoms with Crippen LogP contribution < -0.4 is 15.9 Å². The van der Waals surface area contributed by atoms with Gasteiger partial charge in [0.1, 0.15) is 6.10 Å². The van der Waals surface area contributed by atoms with E-state index in [4.69, 9.17) is 9.57 Å². The number of hydrogen-bond donors (Lipinski definition) is 1. The van der Waals surface area contributed by atoms with Gasteiger partial charge in [-0.3, -0.25) is 4.84 Å². The lowest BCUT2D eigenvalue weighted by Gasteiger charge is -2.12. The van der Waals surface area contributed by atoms with E-state index in [0.717, 1.165) is 21.9 Å². The molecule has 4 rings (SSSR count). The summed E-state index contributed by atoms with van der Waals surface area (Å²) < 4.78 is 46.9. The van der Waals surface area contributed by atoms with Gasteiger partial charge >= 0.3 is 17.9 Å². The number of hydroxylamine groups is 1. The second-order valence-corrected chi connectivity index (χ2v) is 8.26. The van der Waals surface area contributed by atoms with Crippen LogP contribution in [0.4, 0.5) is 13.2 Å². The zero-order valence-corrected chi connectivity index (χ0v) is 17.2. The van der Waals surface area contributed by atoms with E-state index in [0.29, 0.717) is 17.7 Å². The molecular formula is C19H19F3N4O3S. The number of aromatic nitrogens is 3. The Kier molecular flexibility index (Phi) is 5.20. The smallest absolute Gasteiger partial charge is 0.416 e. The van der Waals surface area contributed by atoms with Gasteiger partial charge in [0.05, 0.1) is 29.3 Å². The fourth-order valence-corrected chi connectivity index (χ4v) is 4.52. The van der Waals surface area contributed by atoms with Crippen molar-refractivity contribution >= 4 is 11.3 Å². The van der Waals surface area contributed by atoms with Crippen molar-refractivity contribution in [1.29, 1.82) is 0 Å². The van der Waals surface area contributed by atoms with Crippen molar-refractivity contribution in [2.75, 3.05) is 7.11 Å². The molecule has 0 aliphatic carbocycles. The number of hydrogen-bond acceptors (Lipinski definition) is 6. The van der Waals surface area contributed by atoms with Crippen LogP contribution in [0.5, 0.6) is 6.01 Å². The number of ether oxygens (including phenoxy) is 1. The molecule has 1 fully saturated rings. The van der Waals surface area contributed by atoms with Crippen LogP contribution in [0.1, 0.15) is 39.4 Å². The fourth-order valence-electron chi connectivity index (χ4n) is 3.48. The quantitative estimate of drug-likeness (QED) is 0.670. The molecule has 30 heavy (non-hydrogen) atoms. The number of aryl methyl sites for hydroxylation is 2. The van der Waals surface area contributed by atoms with Crippen molar-refractivity contribution in [2.45, 2.75) is 31.7 Å². The summed E-state index contributed by atoms with van der Waals surface area (Å²) in [6, 6.07) is 6.74. The van der Waals surface area contributed by atoms with Crippen LogP contribution in [-0.4, -0.2) is 21.5 Å². The Balaban J connectivity index is 1.66. The van der Waals surface area contributed by atoms with E-state index in [9.17, 15) is 18.0 Å². The Hall–Kier alpha value is -2.63. The third-order valence-corrected chi connectivity index (χ3v) is 6.02. The van der Waals surface area contributed by atoms with Crippen LogP contribution >= 0.6 is 11.3 Å². The highest BCUT2D eigenvalue weighted by Gasteiger charge is 2.35. The summed E-state index contributed by atoms with van der Waals surface area (Å²) in [5, 5.41) is 4.06. The minimum Gasteiger partial charge on any atom is -0.467 e. The third-order valence-electron chi connectivity index (χ3n) is 4.89. The van der Waals surface area contributed by atoms with Gasteiger partial charge < -0.3 is 4.74 Å². The molecule has 1 aliphatic heterocycles. The summed E-state index contributed by atoms with van der Waals surface area (Å²) in [6.07, 6.45) is -4.45. The zero-order valence-electron chi connectivity index (χ0n) is 16.4. The molecular weight excluding hydrogens is 421 g/mol. The van der Waals surface area contributed by atoms with Crippen LogP contribution in [0.3, 0.4) is 0 Å². The molecule has 7 nitrogen and oxygen atoms in total. The van der Waals surface area contributed by atoms with Crippen molar-refractivity contribution in [2.24, 2.45) is 7.05 Å². The van der Waals surface area contributed by atoms with Crippen molar-refractivity contribution < 1.29 is 22.7 Å². The molecule has 0 radical (unpaired) electrons. The highest BCUT2D eigenvalue weighted by Crippen LogP contribution is 2.42. The average molecular weight is 440 g/mol. The number of methoxy groups -OCH3 is 1. The Morgan fingerprint density at radius 1 is 1.33 bits per heavy atom. The van der Waals surface area contributed by atoms with Crippen LogP contribution in [0.2, 0.25) is 0 Å². The lowest BCUT2D eigenvalue weighted by atomic mass is 9.99. The summed E-state index contributed by atoms with van der Waals surface area (Å²) in [6.45, 7) is 1.90. The molecule has 2 aromatic heterocycles. The molecule has 1 aliphatic rings. The minimum absolute atomic E-state index is 0.141. The highest BCUT2D eigenvalue weighted by atomic mass is 32.1. The van der Waals surface area contributed by atoms with Crippen LogP contribution in [0.15, 0.2) is 35.1 Å². The first-order valence-electron chi connectivity index (χ1n) is 9.08. The molecule has 2 atom stereocenters. The molecule has 160 valence electrons. The summed E-state index contributed by atoms with van der Waals surface area (Å²) >= 11 is 1.45. The monoisotopic (exact) mass is 440 g/mol. The first kappa shape index (κ1) is 20.6.